The molecule has 0 spiro atoms. The molecule has 0 aliphatic rings. The normalized spacial score (nSPS) is 12.0. The summed E-state index contributed by atoms with van der Waals surface area (Å²) in [6.07, 6.45) is 0. The number of thiazole rings is 1. The first-order chi connectivity index (χ1) is 9.86. The molecule has 1 N–H and O–H groups in total. The molecule has 0 aliphatic carbocycles. The van der Waals surface area contributed by atoms with Gasteiger partial charge in [0.1, 0.15) is 0 Å². The molecule has 7 heteroatoms. The van der Waals surface area contributed by atoms with Crippen molar-refractivity contribution in [3.05, 3.63) is 45.4 Å². The van der Waals surface area contributed by atoms with E-state index in [0.29, 0.717) is 12.1 Å². The smallest absolute Gasteiger partial charge is 0.243 e. The fourth-order valence-corrected chi connectivity index (χ4v) is 4.03. The van der Waals surface area contributed by atoms with E-state index >= 15 is 0 Å². The maximum atomic E-state index is 12.6. The van der Waals surface area contributed by atoms with Crippen molar-refractivity contribution in [3.63, 3.8) is 0 Å². The minimum Gasteiger partial charge on any atom is -0.392 e. The van der Waals surface area contributed by atoms with Gasteiger partial charge in [-0.3, -0.25) is 0 Å². The Bertz CT molecular complexity index is 738. The van der Waals surface area contributed by atoms with Crippen LogP contribution in [0.5, 0.6) is 0 Å². The summed E-state index contributed by atoms with van der Waals surface area (Å²) in [5.74, 6) is 0. The van der Waals surface area contributed by atoms with E-state index in [4.69, 9.17) is 0 Å². The first-order valence-electron chi connectivity index (χ1n) is 6.42. The molecule has 2 rings (SSSR count). The average molecular weight is 326 g/mol. The molecule has 114 valence electrons. The third-order valence-electron chi connectivity index (χ3n) is 3.41. The van der Waals surface area contributed by atoms with Gasteiger partial charge < -0.3 is 5.11 Å². The summed E-state index contributed by atoms with van der Waals surface area (Å²) in [5, 5.41) is 9.28. The summed E-state index contributed by atoms with van der Waals surface area (Å²) < 4.78 is 26.5. The van der Waals surface area contributed by atoms with Crippen molar-refractivity contribution in [1.82, 2.24) is 9.29 Å². The van der Waals surface area contributed by atoms with Gasteiger partial charge in [0.05, 0.1) is 22.7 Å². The van der Waals surface area contributed by atoms with Gasteiger partial charge in [0, 0.05) is 18.5 Å². The third kappa shape index (κ3) is 3.32. The van der Waals surface area contributed by atoms with Crippen LogP contribution in [0.25, 0.3) is 0 Å². The quantitative estimate of drug-likeness (QED) is 0.913. The lowest BCUT2D eigenvalue weighted by molar-refractivity contribution is 0.280. The highest BCUT2D eigenvalue weighted by Crippen LogP contribution is 2.22. The Labute approximate surface area is 128 Å². The molecule has 0 radical (unpaired) electrons. The highest BCUT2D eigenvalue weighted by Gasteiger charge is 2.22. The van der Waals surface area contributed by atoms with E-state index in [-0.39, 0.29) is 11.5 Å². The zero-order valence-electron chi connectivity index (χ0n) is 12.2. The van der Waals surface area contributed by atoms with E-state index in [0.717, 1.165) is 16.1 Å². The molecular formula is C14H18N2O3S2. The second kappa shape index (κ2) is 6.23. The summed E-state index contributed by atoms with van der Waals surface area (Å²) in [4.78, 5) is 5.25. The Morgan fingerprint density at radius 1 is 1.33 bits per heavy atom. The van der Waals surface area contributed by atoms with Gasteiger partial charge in [0.25, 0.3) is 0 Å². The van der Waals surface area contributed by atoms with Crippen LogP contribution in [0.1, 0.15) is 21.7 Å². The van der Waals surface area contributed by atoms with Crippen LogP contribution in [0.3, 0.4) is 0 Å². The van der Waals surface area contributed by atoms with E-state index in [1.54, 1.807) is 24.7 Å². The molecule has 21 heavy (non-hydrogen) atoms. The Morgan fingerprint density at radius 3 is 2.62 bits per heavy atom. The average Bonchev–Trinajstić information content (AvgIpc) is 2.84. The van der Waals surface area contributed by atoms with Gasteiger partial charge in [0.15, 0.2) is 0 Å². The van der Waals surface area contributed by atoms with Crippen LogP contribution in [0.2, 0.25) is 0 Å². The number of nitrogens with zero attached hydrogens (tertiary/aromatic N) is 2. The minimum atomic E-state index is -3.58. The lowest BCUT2D eigenvalue weighted by Crippen LogP contribution is -2.26. The van der Waals surface area contributed by atoms with Crippen molar-refractivity contribution in [2.24, 2.45) is 0 Å². The number of aromatic nitrogens is 1. The van der Waals surface area contributed by atoms with Crippen LogP contribution in [-0.2, 0) is 23.2 Å². The van der Waals surface area contributed by atoms with Crippen molar-refractivity contribution in [1.29, 1.82) is 0 Å². The summed E-state index contributed by atoms with van der Waals surface area (Å²) in [7, 11) is -2.03. The molecule has 5 nitrogen and oxygen atoms in total. The number of rotatable bonds is 5. The number of hydrogen-bond acceptors (Lipinski definition) is 5. The Hall–Kier alpha value is -1.28. The maximum Gasteiger partial charge on any atom is 0.243 e. The first kappa shape index (κ1) is 16.1. The van der Waals surface area contributed by atoms with Gasteiger partial charge in [-0.15, -0.1) is 11.3 Å². The SMILES string of the molecule is Cc1ccc(S(=O)(=O)N(C)Cc2scnc2C)cc1CO. The van der Waals surface area contributed by atoms with E-state index in [1.165, 1.54) is 21.7 Å². The molecule has 1 heterocycles. The van der Waals surface area contributed by atoms with Gasteiger partial charge in [0.2, 0.25) is 10.0 Å². The fraction of sp³-hybridized carbons (Fsp3) is 0.357. The predicted octanol–water partition coefficient (Wildman–Crippen LogP) is 2.07. The Kier molecular flexibility index (Phi) is 4.77. The van der Waals surface area contributed by atoms with E-state index in [1.807, 2.05) is 13.8 Å². The molecule has 0 fully saturated rings. The molecule has 1 aromatic heterocycles. The molecule has 0 amide bonds. The molecule has 0 bridgehead atoms. The topological polar surface area (TPSA) is 70.5 Å². The highest BCUT2D eigenvalue weighted by molar-refractivity contribution is 7.89. The van der Waals surface area contributed by atoms with Gasteiger partial charge in [-0.05, 0) is 37.1 Å². The molecule has 2 aromatic rings. The standard InChI is InChI=1S/C14H18N2O3S2/c1-10-4-5-13(6-12(10)8-17)21(18,19)16(3)7-14-11(2)15-9-20-14/h4-6,9,17H,7-8H2,1-3H3. The van der Waals surface area contributed by atoms with Crippen molar-refractivity contribution in [3.8, 4) is 0 Å². The summed E-state index contributed by atoms with van der Waals surface area (Å²) in [5.41, 5.74) is 4.05. The third-order valence-corrected chi connectivity index (χ3v) is 6.13. The number of aryl methyl sites for hydroxylation is 2. The van der Waals surface area contributed by atoms with Crippen LogP contribution >= 0.6 is 11.3 Å². The van der Waals surface area contributed by atoms with Crippen molar-refractivity contribution < 1.29 is 13.5 Å². The van der Waals surface area contributed by atoms with Crippen LogP contribution in [-0.4, -0.2) is 29.9 Å². The molecule has 0 saturated carbocycles. The highest BCUT2D eigenvalue weighted by atomic mass is 32.2. The first-order valence-corrected chi connectivity index (χ1v) is 8.74. The maximum absolute atomic E-state index is 12.6. The van der Waals surface area contributed by atoms with Crippen LogP contribution in [0, 0.1) is 13.8 Å². The van der Waals surface area contributed by atoms with Crippen molar-refractivity contribution in [2.75, 3.05) is 7.05 Å². The Morgan fingerprint density at radius 2 is 2.05 bits per heavy atom. The number of sulfonamides is 1. The molecule has 0 atom stereocenters. The number of benzene rings is 1. The van der Waals surface area contributed by atoms with Crippen molar-refractivity contribution >= 4 is 21.4 Å². The number of aliphatic hydroxyl groups is 1. The summed E-state index contributed by atoms with van der Waals surface area (Å²) in [6.45, 7) is 3.82. The monoisotopic (exact) mass is 326 g/mol. The molecule has 1 aromatic carbocycles. The second-order valence-corrected chi connectivity index (χ2v) is 7.85. The summed E-state index contributed by atoms with van der Waals surface area (Å²) >= 11 is 1.44. The second-order valence-electron chi connectivity index (χ2n) is 4.87. The largest absolute Gasteiger partial charge is 0.392 e. The van der Waals surface area contributed by atoms with Crippen LogP contribution in [0.15, 0.2) is 28.6 Å². The molecule has 0 aliphatic heterocycles. The van der Waals surface area contributed by atoms with E-state index in [2.05, 4.69) is 4.98 Å². The van der Waals surface area contributed by atoms with Crippen LogP contribution < -0.4 is 0 Å². The van der Waals surface area contributed by atoms with Crippen molar-refractivity contribution in [2.45, 2.75) is 31.9 Å². The fourth-order valence-electron chi connectivity index (χ4n) is 1.92. The molecule has 0 unspecified atom stereocenters. The Balaban J connectivity index is 2.31. The molecule has 0 saturated heterocycles. The van der Waals surface area contributed by atoms with E-state index < -0.39 is 10.0 Å². The van der Waals surface area contributed by atoms with E-state index in [9.17, 15) is 13.5 Å². The summed E-state index contributed by atoms with van der Waals surface area (Å²) in [6, 6.07) is 4.81. The van der Waals surface area contributed by atoms with Crippen LogP contribution in [0.4, 0.5) is 0 Å². The van der Waals surface area contributed by atoms with Gasteiger partial charge >= 0.3 is 0 Å². The predicted molar refractivity (Wildman–Crippen MR) is 82.6 cm³/mol. The van der Waals surface area contributed by atoms with Gasteiger partial charge in [-0.1, -0.05) is 6.07 Å². The lowest BCUT2D eigenvalue weighted by atomic mass is 10.1. The number of hydrogen-bond donors (Lipinski definition) is 1. The lowest BCUT2D eigenvalue weighted by Gasteiger charge is -2.17. The zero-order chi connectivity index (χ0) is 15.6. The number of aliphatic hydroxyl groups excluding tert-OH is 1. The van der Waals surface area contributed by atoms with Gasteiger partial charge in [-0.2, -0.15) is 4.31 Å². The molecular weight excluding hydrogens is 308 g/mol. The van der Waals surface area contributed by atoms with Gasteiger partial charge in [-0.25, -0.2) is 13.4 Å². The minimum absolute atomic E-state index is 0.174. The zero-order valence-corrected chi connectivity index (χ0v) is 13.8.